The molecule has 1 saturated carbocycles. The summed E-state index contributed by atoms with van der Waals surface area (Å²) in [5.41, 5.74) is 5.34. The number of rotatable bonds is 2. The Bertz CT molecular complexity index is 845. The van der Waals surface area contributed by atoms with Crippen molar-refractivity contribution >= 4 is 6.09 Å². The van der Waals surface area contributed by atoms with E-state index in [1.807, 2.05) is 4.90 Å². The van der Waals surface area contributed by atoms with E-state index >= 15 is 0 Å². The van der Waals surface area contributed by atoms with Crippen LogP contribution in [0.1, 0.15) is 55.6 Å². The number of fused-ring (bicyclic) bond motifs is 3. The molecule has 5 rings (SSSR count). The summed E-state index contributed by atoms with van der Waals surface area (Å²) in [5.74, 6) is 0.113. The quantitative estimate of drug-likeness (QED) is 0.788. The maximum atomic E-state index is 12.8. The number of aliphatic hydroxyl groups is 1. The standard InChI is InChI=1S/C25H29NO3/c27-18-9-11-25(12-10-18)13-15-26(16-14-25)24(28)29-17-23-21-7-3-1-5-19(21)20-6-2-4-8-22(20)23/h1-8,18,23,27H,9-17H2. The Morgan fingerprint density at radius 2 is 1.48 bits per heavy atom. The number of piperidine rings is 1. The molecule has 1 aliphatic heterocycles. The first-order valence-corrected chi connectivity index (χ1v) is 10.9. The van der Waals surface area contributed by atoms with E-state index in [-0.39, 0.29) is 18.1 Å². The van der Waals surface area contributed by atoms with Gasteiger partial charge in [0.15, 0.2) is 0 Å². The van der Waals surface area contributed by atoms with Gasteiger partial charge in [-0.15, -0.1) is 0 Å². The molecular formula is C25H29NO3. The van der Waals surface area contributed by atoms with Crippen LogP contribution in [0, 0.1) is 5.41 Å². The molecule has 0 bridgehead atoms. The molecule has 0 unspecified atom stereocenters. The first kappa shape index (κ1) is 18.7. The summed E-state index contributed by atoms with van der Waals surface area (Å²) < 4.78 is 5.82. The van der Waals surface area contributed by atoms with Gasteiger partial charge in [0.2, 0.25) is 0 Å². The fraction of sp³-hybridized carbons (Fsp3) is 0.480. The molecule has 1 saturated heterocycles. The summed E-state index contributed by atoms with van der Waals surface area (Å²) in [4.78, 5) is 14.6. The van der Waals surface area contributed by atoms with E-state index in [0.29, 0.717) is 12.0 Å². The third-order valence-electron chi connectivity index (χ3n) is 7.43. The predicted octanol–water partition coefficient (Wildman–Crippen LogP) is 4.95. The summed E-state index contributed by atoms with van der Waals surface area (Å²) >= 11 is 0. The number of ether oxygens (including phenoxy) is 1. The Morgan fingerprint density at radius 1 is 0.931 bits per heavy atom. The normalized spacial score (nSPS) is 21.1. The molecule has 0 atom stereocenters. The minimum absolute atomic E-state index is 0.113. The molecule has 0 radical (unpaired) electrons. The number of hydrogen-bond donors (Lipinski definition) is 1. The van der Waals surface area contributed by atoms with E-state index < -0.39 is 0 Å². The van der Waals surface area contributed by atoms with Crippen LogP contribution in [0.2, 0.25) is 0 Å². The molecule has 29 heavy (non-hydrogen) atoms. The second-order valence-electron chi connectivity index (χ2n) is 9.02. The molecule has 1 amide bonds. The van der Waals surface area contributed by atoms with Crippen molar-refractivity contribution in [3.8, 4) is 11.1 Å². The lowest BCUT2D eigenvalue weighted by Crippen LogP contribution is -2.45. The SMILES string of the molecule is O=C(OCC1c2ccccc2-c2ccccc21)N1CCC2(CCC(O)CC2)CC1. The van der Waals surface area contributed by atoms with Crippen molar-refractivity contribution in [1.82, 2.24) is 4.90 Å². The van der Waals surface area contributed by atoms with E-state index in [0.717, 1.165) is 51.6 Å². The lowest BCUT2D eigenvalue weighted by atomic mass is 9.67. The van der Waals surface area contributed by atoms with Crippen LogP contribution in [0.15, 0.2) is 48.5 Å². The lowest BCUT2D eigenvalue weighted by molar-refractivity contribution is 0.0137. The number of aliphatic hydroxyl groups excluding tert-OH is 1. The van der Waals surface area contributed by atoms with Crippen LogP contribution in [0.5, 0.6) is 0 Å². The smallest absolute Gasteiger partial charge is 0.409 e. The van der Waals surface area contributed by atoms with Gasteiger partial charge in [-0.05, 0) is 66.2 Å². The van der Waals surface area contributed by atoms with Crippen molar-refractivity contribution < 1.29 is 14.6 Å². The Labute approximate surface area is 172 Å². The van der Waals surface area contributed by atoms with Gasteiger partial charge in [-0.2, -0.15) is 0 Å². The van der Waals surface area contributed by atoms with Crippen LogP contribution < -0.4 is 0 Å². The van der Waals surface area contributed by atoms with Crippen LogP contribution >= 0.6 is 0 Å². The van der Waals surface area contributed by atoms with Crippen LogP contribution in [-0.4, -0.2) is 41.9 Å². The van der Waals surface area contributed by atoms with Crippen LogP contribution in [0.3, 0.4) is 0 Å². The second kappa shape index (κ2) is 7.49. The molecule has 1 N–H and O–H groups in total. The molecule has 2 aromatic rings. The minimum atomic E-state index is -0.183. The lowest BCUT2D eigenvalue weighted by Gasteiger charge is -2.44. The molecule has 0 aromatic heterocycles. The molecule has 1 heterocycles. The van der Waals surface area contributed by atoms with Gasteiger partial charge in [0.25, 0.3) is 0 Å². The number of amides is 1. The molecular weight excluding hydrogens is 362 g/mol. The third-order valence-corrected chi connectivity index (χ3v) is 7.43. The summed E-state index contributed by atoms with van der Waals surface area (Å²) in [6.45, 7) is 1.93. The van der Waals surface area contributed by atoms with Crippen molar-refractivity contribution in [2.24, 2.45) is 5.41 Å². The molecule has 1 spiro atoms. The Morgan fingerprint density at radius 3 is 2.07 bits per heavy atom. The van der Waals surface area contributed by atoms with Crippen molar-refractivity contribution in [1.29, 1.82) is 0 Å². The van der Waals surface area contributed by atoms with Crippen molar-refractivity contribution in [2.45, 2.75) is 50.5 Å². The highest BCUT2D eigenvalue weighted by Gasteiger charge is 2.39. The fourth-order valence-corrected chi connectivity index (χ4v) is 5.56. The van der Waals surface area contributed by atoms with Gasteiger partial charge in [0.05, 0.1) is 6.10 Å². The van der Waals surface area contributed by atoms with Gasteiger partial charge < -0.3 is 14.7 Å². The number of likely N-dealkylation sites (tertiary alicyclic amines) is 1. The summed E-state index contributed by atoms with van der Waals surface area (Å²) in [7, 11) is 0. The average molecular weight is 392 g/mol. The van der Waals surface area contributed by atoms with Gasteiger partial charge in [-0.25, -0.2) is 4.79 Å². The summed E-state index contributed by atoms with van der Waals surface area (Å²) in [5, 5.41) is 9.79. The van der Waals surface area contributed by atoms with E-state index in [2.05, 4.69) is 48.5 Å². The van der Waals surface area contributed by atoms with Crippen LogP contribution in [0.4, 0.5) is 4.79 Å². The zero-order valence-electron chi connectivity index (χ0n) is 16.8. The number of benzene rings is 2. The Kier molecular flexibility index (Phi) is 4.83. The number of nitrogens with zero attached hydrogens (tertiary/aromatic N) is 1. The predicted molar refractivity (Wildman–Crippen MR) is 113 cm³/mol. The molecule has 4 heteroatoms. The highest BCUT2D eigenvalue weighted by atomic mass is 16.6. The highest BCUT2D eigenvalue weighted by molar-refractivity contribution is 5.79. The minimum Gasteiger partial charge on any atom is -0.448 e. The van der Waals surface area contributed by atoms with Gasteiger partial charge >= 0.3 is 6.09 Å². The van der Waals surface area contributed by atoms with E-state index in [1.54, 1.807) is 0 Å². The van der Waals surface area contributed by atoms with Gasteiger partial charge in [-0.3, -0.25) is 0 Å². The van der Waals surface area contributed by atoms with Crippen LogP contribution in [0.25, 0.3) is 11.1 Å². The zero-order valence-corrected chi connectivity index (χ0v) is 16.8. The van der Waals surface area contributed by atoms with Gasteiger partial charge in [-0.1, -0.05) is 48.5 Å². The van der Waals surface area contributed by atoms with Crippen molar-refractivity contribution in [3.05, 3.63) is 59.7 Å². The van der Waals surface area contributed by atoms with Gasteiger partial charge in [0.1, 0.15) is 6.61 Å². The topological polar surface area (TPSA) is 49.8 Å². The summed E-state index contributed by atoms with van der Waals surface area (Å²) in [6, 6.07) is 16.9. The monoisotopic (exact) mass is 391 g/mol. The molecule has 2 aromatic carbocycles. The first-order chi connectivity index (χ1) is 14.2. The zero-order chi connectivity index (χ0) is 19.8. The maximum absolute atomic E-state index is 12.8. The maximum Gasteiger partial charge on any atom is 0.409 e. The second-order valence-corrected chi connectivity index (χ2v) is 9.02. The molecule has 152 valence electrons. The summed E-state index contributed by atoms with van der Waals surface area (Å²) in [6.07, 6.45) is 5.75. The van der Waals surface area contributed by atoms with E-state index in [1.165, 1.54) is 22.3 Å². The number of carbonyl (C=O) groups excluding carboxylic acids is 1. The number of carbonyl (C=O) groups is 1. The average Bonchev–Trinajstić information content (AvgIpc) is 3.09. The largest absolute Gasteiger partial charge is 0.448 e. The molecule has 2 fully saturated rings. The van der Waals surface area contributed by atoms with Gasteiger partial charge in [0, 0.05) is 19.0 Å². The highest BCUT2D eigenvalue weighted by Crippen LogP contribution is 2.46. The molecule has 2 aliphatic carbocycles. The Balaban J connectivity index is 1.22. The number of hydrogen-bond acceptors (Lipinski definition) is 3. The van der Waals surface area contributed by atoms with E-state index in [9.17, 15) is 9.90 Å². The van der Waals surface area contributed by atoms with Crippen molar-refractivity contribution in [2.75, 3.05) is 19.7 Å². The van der Waals surface area contributed by atoms with Crippen molar-refractivity contribution in [3.63, 3.8) is 0 Å². The third kappa shape index (κ3) is 3.44. The van der Waals surface area contributed by atoms with Crippen LogP contribution in [-0.2, 0) is 4.74 Å². The fourth-order valence-electron chi connectivity index (χ4n) is 5.56. The molecule has 3 aliphatic rings. The van der Waals surface area contributed by atoms with E-state index in [4.69, 9.17) is 4.74 Å². The first-order valence-electron chi connectivity index (χ1n) is 10.9. The Hall–Kier alpha value is -2.33. The molecule has 4 nitrogen and oxygen atoms in total.